The van der Waals surface area contributed by atoms with Crippen molar-refractivity contribution in [3.63, 3.8) is 0 Å². The van der Waals surface area contributed by atoms with Crippen molar-refractivity contribution in [3.05, 3.63) is 0 Å². The van der Waals surface area contributed by atoms with Gasteiger partial charge in [0.1, 0.15) is 5.54 Å². The van der Waals surface area contributed by atoms with Crippen molar-refractivity contribution in [1.82, 2.24) is 9.80 Å². The van der Waals surface area contributed by atoms with Crippen LogP contribution in [0.25, 0.3) is 0 Å². The van der Waals surface area contributed by atoms with Gasteiger partial charge in [0.25, 0.3) is 0 Å². The van der Waals surface area contributed by atoms with Gasteiger partial charge in [-0.2, -0.15) is 0 Å². The van der Waals surface area contributed by atoms with Crippen LogP contribution in [0.3, 0.4) is 0 Å². The Bertz CT molecular complexity index is 328. The summed E-state index contributed by atoms with van der Waals surface area (Å²) in [7, 11) is 1.68. The SMILES string of the molecule is CC(C)CN(CC(C)C)C(=O)CN(C)C(C)(C)C(=O)O. The molecular formula is C15H30N2O3. The molecule has 0 rings (SSSR count). The Labute approximate surface area is 122 Å². The third-order valence-corrected chi connectivity index (χ3v) is 3.37. The van der Waals surface area contributed by atoms with Crippen molar-refractivity contribution in [2.24, 2.45) is 11.8 Å². The predicted octanol–water partition coefficient (Wildman–Crippen LogP) is 1.92. The van der Waals surface area contributed by atoms with Crippen LogP contribution in [0, 0.1) is 11.8 Å². The van der Waals surface area contributed by atoms with Crippen molar-refractivity contribution >= 4 is 11.9 Å². The molecule has 0 fully saturated rings. The van der Waals surface area contributed by atoms with Crippen molar-refractivity contribution in [2.45, 2.75) is 47.1 Å². The number of carboxylic acid groups (broad SMARTS) is 1. The molecule has 1 N–H and O–H groups in total. The molecular weight excluding hydrogens is 256 g/mol. The summed E-state index contributed by atoms with van der Waals surface area (Å²) >= 11 is 0. The van der Waals surface area contributed by atoms with Gasteiger partial charge in [0.05, 0.1) is 6.54 Å². The monoisotopic (exact) mass is 286 g/mol. The molecule has 20 heavy (non-hydrogen) atoms. The van der Waals surface area contributed by atoms with Gasteiger partial charge in [-0.1, -0.05) is 27.7 Å². The Hall–Kier alpha value is -1.10. The molecule has 0 aliphatic heterocycles. The van der Waals surface area contributed by atoms with Gasteiger partial charge in [-0.15, -0.1) is 0 Å². The summed E-state index contributed by atoms with van der Waals surface area (Å²) in [5.41, 5.74) is -1.04. The second-order valence-corrected chi connectivity index (χ2v) is 6.81. The number of rotatable bonds is 8. The van der Waals surface area contributed by atoms with E-state index in [9.17, 15) is 14.7 Å². The lowest BCUT2D eigenvalue weighted by molar-refractivity contribution is -0.150. The first kappa shape index (κ1) is 18.9. The van der Waals surface area contributed by atoms with Crippen LogP contribution in [0.5, 0.6) is 0 Å². The van der Waals surface area contributed by atoms with Crippen LogP contribution in [0.4, 0.5) is 0 Å². The summed E-state index contributed by atoms with van der Waals surface area (Å²) in [6.45, 7) is 13.1. The molecule has 0 saturated carbocycles. The van der Waals surface area contributed by atoms with E-state index in [1.807, 2.05) is 4.90 Å². The minimum absolute atomic E-state index is 0.00998. The molecule has 0 atom stereocenters. The van der Waals surface area contributed by atoms with Crippen LogP contribution in [0.1, 0.15) is 41.5 Å². The number of likely N-dealkylation sites (N-methyl/N-ethyl adjacent to an activating group) is 1. The number of carboxylic acids is 1. The first-order chi connectivity index (χ1) is 8.98. The normalized spacial score (nSPS) is 12.3. The second-order valence-electron chi connectivity index (χ2n) is 6.81. The van der Waals surface area contributed by atoms with Crippen molar-refractivity contribution < 1.29 is 14.7 Å². The van der Waals surface area contributed by atoms with Gasteiger partial charge in [0.2, 0.25) is 5.91 Å². The van der Waals surface area contributed by atoms with E-state index in [1.54, 1.807) is 25.8 Å². The number of aliphatic carboxylic acids is 1. The number of amides is 1. The highest BCUT2D eigenvalue weighted by Gasteiger charge is 2.33. The van der Waals surface area contributed by atoms with Crippen molar-refractivity contribution in [1.29, 1.82) is 0 Å². The fraction of sp³-hybridized carbons (Fsp3) is 0.867. The maximum atomic E-state index is 12.4. The van der Waals surface area contributed by atoms with Gasteiger partial charge in [-0.25, -0.2) is 0 Å². The van der Waals surface area contributed by atoms with E-state index in [-0.39, 0.29) is 12.5 Å². The smallest absolute Gasteiger partial charge is 0.323 e. The molecule has 0 aliphatic rings. The van der Waals surface area contributed by atoms with E-state index in [1.165, 1.54) is 0 Å². The van der Waals surface area contributed by atoms with Crippen LogP contribution in [-0.2, 0) is 9.59 Å². The third kappa shape index (κ3) is 5.90. The summed E-state index contributed by atoms with van der Waals surface area (Å²) in [4.78, 5) is 27.0. The lowest BCUT2D eigenvalue weighted by Crippen LogP contribution is -2.52. The van der Waals surface area contributed by atoms with E-state index < -0.39 is 11.5 Å². The average Bonchev–Trinajstić information content (AvgIpc) is 2.26. The summed E-state index contributed by atoms with van der Waals surface area (Å²) < 4.78 is 0. The highest BCUT2D eigenvalue weighted by molar-refractivity contribution is 5.81. The molecule has 5 nitrogen and oxygen atoms in total. The van der Waals surface area contributed by atoms with Gasteiger partial charge in [0, 0.05) is 13.1 Å². The highest BCUT2D eigenvalue weighted by atomic mass is 16.4. The quantitative estimate of drug-likeness (QED) is 0.740. The maximum Gasteiger partial charge on any atom is 0.323 e. The molecule has 0 bridgehead atoms. The van der Waals surface area contributed by atoms with E-state index in [2.05, 4.69) is 27.7 Å². The molecule has 0 aromatic rings. The molecule has 1 amide bonds. The molecule has 0 radical (unpaired) electrons. The zero-order chi connectivity index (χ0) is 16.1. The Morgan fingerprint density at radius 3 is 1.75 bits per heavy atom. The third-order valence-electron chi connectivity index (χ3n) is 3.37. The number of nitrogens with zero attached hydrogens (tertiary/aromatic N) is 2. The molecule has 0 unspecified atom stereocenters. The van der Waals surface area contributed by atoms with Gasteiger partial charge in [-0.3, -0.25) is 14.5 Å². The average molecular weight is 286 g/mol. The standard InChI is InChI=1S/C15H30N2O3/c1-11(2)8-17(9-12(3)4)13(18)10-16(7)15(5,6)14(19)20/h11-12H,8-10H2,1-7H3,(H,19,20). The zero-order valence-electron chi connectivity index (χ0n) is 13.9. The first-order valence-corrected chi connectivity index (χ1v) is 7.20. The van der Waals surface area contributed by atoms with E-state index in [0.717, 1.165) is 0 Å². The van der Waals surface area contributed by atoms with Gasteiger partial charge in [0.15, 0.2) is 0 Å². The van der Waals surface area contributed by atoms with Crippen LogP contribution in [0.15, 0.2) is 0 Å². The molecule has 0 saturated heterocycles. The van der Waals surface area contributed by atoms with Crippen LogP contribution in [-0.4, -0.2) is 59.0 Å². The number of carbonyl (C=O) groups excluding carboxylic acids is 1. The Morgan fingerprint density at radius 1 is 1.05 bits per heavy atom. The van der Waals surface area contributed by atoms with Crippen LogP contribution < -0.4 is 0 Å². The fourth-order valence-corrected chi connectivity index (χ4v) is 1.82. The molecule has 0 aliphatic carbocycles. The summed E-state index contributed by atoms with van der Waals surface area (Å²) in [5.74, 6) is -0.137. The highest BCUT2D eigenvalue weighted by Crippen LogP contribution is 2.13. The predicted molar refractivity (Wildman–Crippen MR) is 80.6 cm³/mol. The lowest BCUT2D eigenvalue weighted by atomic mass is 10.0. The zero-order valence-corrected chi connectivity index (χ0v) is 13.9. The number of carbonyl (C=O) groups is 2. The van der Waals surface area contributed by atoms with Crippen molar-refractivity contribution in [2.75, 3.05) is 26.7 Å². The van der Waals surface area contributed by atoms with Crippen LogP contribution in [0.2, 0.25) is 0 Å². The Kier molecular flexibility index (Phi) is 7.20. The fourth-order valence-electron chi connectivity index (χ4n) is 1.82. The summed E-state index contributed by atoms with van der Waals surface area (Å²) in [6, 6.07) is 0. The molecule has 0 aromatic carbocycles. The molecule has 5 heteroatoms. The molecule has 0 heterocycles. The minimum Gasteiger partial charge on any atom is -0.480 e. The molecule has 0 spiro atoms. The largest absolute Gasteiger partial charge is 0.480 e. The number of hydrogen-bond donors (Lipinski definition) is 1. The summed E-state index contributed by atoms with van der Waals surface area (Å²) in [5, 5.41) is 9.19. The first-order valence-electron chi connectivity index (χ1n) is 7.20. The lowest BCUT2D eigenvalue weighted by Gasteiger charge is -2.34. The van der Waals surface area contributed by atoms with E-state index in [0.29, 0.717) is 24.9 Å². The van der Waals surface area contributed by atoms with Gasteiger partial charge >= 0.3 is 5.97 Å². The van der Waals surface area contributed by atoms with Gasteiger partial charge < -0.3 is 10.0 Å². The van der Waals surface area contributed by atoms with Crippen LogP contribution >= 0.6 is 0 Å². The Balaban J connectivity index is 4.79. The van der Waals surface area contributed by atoms with Crippen molar-refractivity contribution in [3.8, 4) is 0 Å². The maximum absolute atomic E-state index is 12.4. The van der Waals surface area contributed by atoms with E-state index in [4.69, 9.17) is 0 Å². The summed E-state index contributed by atoms with van der Waals surface area (Å²) in [6.07, 6.45) is 0. The topological polar surface area (TPSA) is 60.9 Å². The molecule has 118 valence electrons. The second kappa shape index (κ2) is 7.62. The number of hydrogen-bond acceptors (Lipinski definition) is 3. The van der Waals surface area contributed by atoms with Gasteiger partial charge in [-0.05, 0) is 32.7 Å². The molecule has 0 aromatic heterocycles. The Morgan fingerprint density at radius 2 is 1.45 bits per heavy atom. The minimum atomic E-state index is -1.04. The van der Waals surface area contributed by atoms with E-state index >= 15 is 0 Å².